The van der Waals surface area contributed by atoms with Gasteiger partial charge in [-0.1, -0.05) is 30.3 Å². The number of benzene rings is 2. The van der Waals surface area contributed by atoms with E-state index in [0.29, 0.717) is 6.61 Å². The first-order chi connectivity index (χ1) is 11.4. The standard InChI is InChI=1S/C19H25NO3/c1-21-15-13-20-12-5-14-22-18-8-10-19(11-9-18)23-16-17-6-3-2-4-7-17/h2-4,6-11,20H,5,12-16H2,1H3/p+1. The van der Waals surface area contributed by atoms with Crippen molar-refractivity contribution >= 4 is 0 Å². The van der Waals surface area contributed by atoms with Gasteiger partial charge in [0.25, 0.3) is 0 Å². The lowest BCUT2D eigenvalue weighted by Crippen LogP contribution is -2.85. The van der Waals surface area contributed by atoms with Crippen LogP contribution >= 0.6 is 0 Å². The molecule has 0 amide bonds. The normalized spacial score (nSPS) is 10.5. The third-order valence-corrected chi connectivity index (χ3v) is 3.42. The first-order valence-electron chi connectivity index (χ1n) is 8.08. The third kappa shape index (κ3) is 7.17. The highest BCUT2D eigenvalue weighted by Crippen LogP contribution is 2.18. The van der Waals surface area contributed by atoms with Crippen molar-refractivity contribution in [2.75, 3.05) is 33.4 Å². The number of nitrogens with two attached hydrogens (primary N) is 1. The second kappa shape index (κ2) is 10.6. The summed E-state index contributed by atoms with van der Waals surface area (Å²) in [6, 6.07) is 18.0. The van der Waals surface area contributed by atoms with Gasteiger partial charge in [0.15, 0.2) is 0 Å². The Hall–Kier alpha value is -2.04. The maximum atomic E-state index is 5.76. The molecule has 124 valence electrons. The molecule has 2 aromatic carbocycles. The fourth-order valence-corrected chi connectivity index (χ4v) is 2.14. The van der Waals surface area contributed by atoms with Gasteiger partial charge in [0.2, 0.25) is 0 Å². The van der Waals surface area contributed by atoms with Gasteiger partial charge < -0.3 is 19.5 Å². The monoisotopic (exact) mass is 316 g/mol. The summed E-state index contributed by atoms with van der Waals surface area (Å²) in [6.45, 7) is 4.17. The van der Waals surface area contributed by atoms with Gasteiger partial charge >= 0.3 is 0 Å². The van der Waals surface area contributed by atoms with Crippen molar-refractivity contribution in [3.8, 4) is 11.5 Å². The Bertz CT molecular complexity index is 528. The van der Waals surface area contributed by atoms with Gasteiger partial charge in [0.05, 0.1) is 26.3 Å². The summed E-state index contributed by atoms with van der Waals surface area (Å²) in [4.78, 5) is 0. The van der Waals surface area contributed by atoms with E-state index in [1.165, 1.54) is 0 Å². The van der Waals surface area contributed by atoms with Gasteiger partial charge in [-0.2, -0.15) is 0 Å². The Balaban J connectivity index is 1.62. The quantitative estimate of drug-likeness (QED) is 0.647. The molecule has 2 aromatic rings. The van der Waals surface area contributed by atoms with Gasteiger partial charge in [-0.15, -0.1) is 0 Å². The molecule has 2 rings (SSSR count). The molecule has 0 aliphatic carbocycles. The number of hydrogen-bond donors (Lipinski definition) is 1. The minimum Gasteiger partial charge on any atom is -0.493 e. The van der Waals surface area contributed by atoms with E-state index in [1.807, 2.05) is 42.5 Å². The number of ether oxygens (including phenoxy) is 3. The lowest BCUT2D eigenvalue weighted by molar-refractivity contribution is -0.656. The molecular weight excluding hydrogens is 290 g/mol. The Morgan fingerprint density at radius 3 is 2.17 bits per heavy atom. The summed E-state index contributed by atoms with van der Waals surface area (Å²) < 4.78 is 16.5. The molecule has 0 heterocycles. The van der Waals surface area contributed by atoms with Crippen molar-refractivity contribution in [3.05, 3.63) is 60.2 Å². The molecule has 0 bridgehead atoms. The Morgan fingerprint density at radius 1 is 0.783 bits per heavy atom. The second-order valence-corrected chi connectivity index (χ2v) is 5.31. The van der Waals surface area contributed by atoms with Gasteiger partial charge in [-0.3, -0.25) is 0 Å². The van der Waals surface area contributed by atoms with Crippen LogP contribution in [-0.4, -0.2) is 33.4 Å². The van der Waals surface area contributed by atoms with Crippen LogP contribution in [0.15, 0.2) is 54.6 Å². The number of methoxy groups -OCH3 is 1. The van der Waals surface area contributed by atoms with E-state index in [4.69, 9.17) is 14.2 Å². The van der Waals surface area contributed by atoms with Crippen molar-refractivity contribution < 1.29 is 19.5 Å². The van der Waals surface area contributed by atoms with Crippen LogP contribution < -0.4 is 14.8 Å². The van der Waals surface area contributed by atoms with E-state index in [9.17, 15) is 0 Å². The zero-order chi connectivity index (χ0) is 16.2. The largest absolute Gasteiger partial charge is 0.493 e. The molecule has 0 saturated heterocycles. The molecule has 23 heavy (non-hydrogen) atoms. The maximum absolute atomic E-state index is 5.76. The summed E-state index contributed by atoms with van der Waals surface area (Å²) in [5.41, 5.74) is 1.16. The zero-order valence-electron chi connectivity index (χ0n) is 13.7. The van der Waals surface area contributed by atoms with E-state index in [0.717, 1.165) is 49.8 Å². The van der Waals surface area contributed by atoms with Gasteiger partial charge in [-0.05, 0) is 29.8 Å². The summed E-state index contributed by atoms with van der Waals surface area (Å²) in [5.74, 6) is 1.74. The molecule has 0 radical (unpaired) electrons. The van der Waals surface area contributed by atoms with E-state index < -0.39 is 0 Å². The van der Waals surface area contributed by atoms with Crippen molar-refractivity contribution in [1.82, 2.24) is 0 Å². The number of hydrogen-bond acceptors (Lipinski definition) is 3. The fourth-order valence-electron chi connectivity index (χ4n) is 2.14. The molecule has 0 aliphatic rings. The fraction of sp³-hybridized carbons (Fsp3) is 0.368. The Kier molecular flexibility index (Phi) is 8.02. The smallest absolute Gasteiger partial charge is 0.120 e. The van der Waals surface area contributed by atoms with E-state index in [1.54, 1.807) is 7.11 Å². The van der Waals surface area contributed by atoms with Crippen molar-refractivity contribution in [2.45, 2.75) is 13.0 Å². The van der Waals surface area contributed by atoms with Gasteiger partial charge in [0.1, 0.15) is 18.1 Å². The van der Waals surface area contributed by atoms with E-state index in [-0.39, 0.29) is 0 Å². The molecule has 0 aromatic heterocycles. The van der Waals surface area contributed by atoms with E-state index >= 15 is 0 Å². The maximum Gasteiger partial charge on any atom is 0.120 e. The molecule has 0 unspecified atom stereocenters. The predicted molar refractivity (Wildman–Crippen MR) is 90.9 cm³/mol. The van der Waals surface area contributed by atoms with Crippen LogP contribution in [0.5, 0.6) is 11.5 Å². The summed E-state index contributed by atoms with van der Waals surface area (Å²) >= 11 is 0. The van der Waals surface area contributed by atoms with Crippen molar-refractivity contribution in [3.63, 3.8) is 0 Å². The topological polar surface area (TPSA) is 44.3 Å². The first-order valence-corrected chi connectivity index (χ1v) is 8.08. The third-order valence-electron chi connectivity index (χ3n) is 3.42. The predicted octanol–water partition coefficient (Wildman–Crippen LogP) is 2.24. The van der Waals surface area contributed by atoms with Gasteiger partial charge in [-0.25, -0.2) is 0 Å². The highest BCUT2D eigenvalue weighted by molar-refractivity contribution is 5.31. The lowest BCUT2D eigenvalue weighted by Gasteiger charge is -2.09. The van der Waals surface area contributed by atoms with Crippen molar-refractivity contribution in [2.24, 2.45) is 0 Å². The molecule has 0 atom stereocenters. The zero-order valence-corrected chi connectivity index (χ0v) is 13.7. The van der Waals surface area contributed by atoms with Crippen molar-refractivity contribution in [1.29, 1.82) is 0 Å². The van der Waals surface area contributed by atoms with Crippen LogP contribution in [-0.2, 0) is 11.3 Å². The molecule has 0 fully saturated rings. The first kappa shape index (κ1) is 17.3. The molecule has 0 saturated carbocycles. The number of rotatable bonds is 11. The SMILES string of the molecule is COCC[NH2+]CCCOc1ccc(OCc2ccccc2)cc1. The van der Waals surface area contributed by atoms with Crippen LogP contribution in [0.3, 0.4) is 0 Å². The Morgan fingerprint density at radius 2 is 1.48 bits per heavy atom. The minimum atomic E-state index is 0.582. The highest BCUT2D eigenvalue weighted by atomic mass is 16.5. The van der Waals surface area contributed by atoms with E-state index in [2.05, 4.69) is 17.4 Å². The molecule has 4 heteroatoms. The molecule has 0 spiro atoms. The summed E-state index contributed by atoms with van der Waals surface area (Å²) in [7, 11) is 1.73. The Labute approximate surface area is 138 Å². The lowest BCUT2D eigenvalue weighted by atomic mass is 10.2. The summed E-state index contributed by atoms with van der Waals surface area (Å²) in [6.07, 6.45) is 1.02. The number of quaternary nitrogens is 1. The highest BCUT2D eigenvalue weighted by Gasteiger charge is 1.98. The minimum absolute atomic E-state index is 0.582. The van der Waals surface area contributed by atoms with Crippen LogP contribution in [0.1, 0.15) is 12.0 Å². The van der Waals surface area contributed by atoms with Crippen LogP contribution in [0.2, 0.25) is 0 Å². The average molecular weight is 316 g/mol. The summed E-state index contributed by atoms with van der Waals surface area (Å²) in [5, 5.41) is 2.24. The van der Waals surface area contributed by atoms with Gasteiger partial charge in [0, 0.05) is 13.5 Å². The molecule has 0 aliphatic heterocycles. The second-order valence-electron chi connectivity index (χ2n) is 5.31. The van der Waals surface area contributed by atoms with Crippen LogP contribution in [0, 0.1) is 0 Å². The van der Waals surface area contributed by atoms with Crippen LogP contribution in [0.4, 0.5) is 0 Å². The van der Waals surface area contributed by atoms with Crippen LogP contribution in [0.25, 0.3) is 0 Å². The molecule has 4 nitrogen and oxygen atoms in total. The molecular formula is C19H26NO3+. The average Bonchev–Trinajstić information content (AvgIpc) is 2.61. The molecule has 2 N–H and O–H groups in total.